The van der Waals surface area contributed by atoms with Gasteiger partial charge in [0.05, 0.1) is 30.7 Å². The number of rotatable bonds is 5. The van der Waals surface area contributed by atoms with Crippen LogP contribution in [-0.4, -0.2) is 62.1 Å². The lowest BCUT2D eigenvalue weighted by molar-refractivity contribution is -0.0444. The van der Waals surface area contributed by atoms with Crippen LogP contribution in [0.4, 0.5) is 0 Å². The van der Waals surface area contributed by atoms with Crippen LogP contribution < -0.4 is 5.73 Å². The van der Waals surface area contributed by atoms with E-state index in [2.05, 4.69) is 5.16 Å². The largest absolute Gasteiger partial charge is 0.409 e. The summed E-state index contributed by atoms with van der Waals surface area (Å²) in [7, 11) is 0. The molecule has 2 unspecified atom stereocenters. The summed E-state index contributed by atoms with van der Waals surface area (Å²) < 4.78 is 7.02. The van der Waals surface area contributed by atoms with E-state index in [9.17, 15) is 5.11 Å². The van der Waals surface area contributed by atoms with Crippen molar-refractivity contribution in [3.63, 3.8) is 0 Å². The van der Waals surface area contributed by atoms with E-state index in [0.29, 0.717) is 11.3 Å². The van der Waals surface area contributed by atoms with Gasteiger partial charge < -0.3 is 41.0 Å². The molecular weight excluding hydrogens is 280 g/mol. The zero-order chi connectivity index (χ0) is 15.6. The molecule has 7 N–H and O–H groups in total. The van der Waals surface area contributed by atoms with Gasteiger partial charge in [-0.05, 0) is 6.07 Å². The molecule has 1 aliphatic heterocycles. The fourth-order valence-corrected chi connectivity index (χ4v) is 2.28. The summed E-state index contributed by atoms with van der Waals surface area (Å²) in [6.45, 7) is -0.774. The number of hydrogen-bond acceptors (Lipinski definition) is 7. The second-order valence-electron chi connectivity index (χ2n) is 4.76. The highest BCUT2D eigenvalue weighted by Crippen LogP contribution is 2.30. The second-order valence-corrected chi connectivity index (χ2v) is 4.76. The number of nitrogens with zero attached hydrogens (tertiary/aromatic N) is 2. The number of ether oxygens (including phenoxy) is 1. The van der Waals surface area contributed by atoms with Gasteiger partial charge in [-0.3, -0.25) is 0 Å². The molecule has 9 nitrogen and oxygen atoms in total. The van der Waals surface area contributed by atoms with Crippen LogP contribution in [0, 0.1) is 5.41 Å². The molecule has 1 aliphatic rings. The van der Waals surface area contributed by atoms with E-state index in [1.807, 2.05) is 0 Å². The predicted octanol–water partition coefficient (Wildman–Crippen LogP) is -1.42. The first kappa shape index (κ1) is 15.4. The number of nitrogens with one attached hydrogen (secondary N) is 1. The highest BCUT2D eigenvalue weighted by Gasteiger charge is 2.35. The van der Waals surface area contributed by atoms with Crippen molar-refractivity contribution in [2.45, 2.75) is 24.9 Å². The Bertz CT molecular complexity index is 556. The van der Waals surface area contributed by atoms with Gasteiger partial charge in [0.25, 0.3) is 0 Å². The van der Waals surface area contributed by atoms with Crippen molar-refractivity contribution < 1.29 is 25.3 Å². The van der Waals surface area contributed by atoms with Crippen molar-refractivity contribution in [1.29, 1.82) is 5.41 Å². The minimum atomic E-state index is -0.830. The van der Waals surface area contributed by atoms with Crippen LogP contribution in [0.5, 0.6) is 0 Å². The van der Waals surface area contributed by atoms with Crippen LogP contribution in [0.15, 0.2) is 17.4 Å². The average molecular weight is 298 g/mol. The van der Waals surface area contributed by atoms with Crippen molar-refractivity contribution in [1.82, 2.24) is 4.57 Å². The van der Waals surface area contributed by atoms with E-state index in [4.69, 9.17) is 31.3 Å². The number of oxime groups is 1. The van der Waals surface area contributed by atoms with Crippen LogP contribution in [0.3, 0.4) is 0 Å². The third kappa shape index (κ3) is 2.90. The lowest BCUT2D eigenvalue weighted by Gasteiger charge is -2.16. The lowest BCUT2D eigenvalue weighted by Crippen LogP contribution is -2.24. The normalized spacial score (nSPS) is 26.2. The second kappa shape index (κ2) is 6.22. The molecule has 0 aliphatic carbocycles. The molecule has 2 rings (SSSR count). The SMILES string of the molecule is N=C(CO)c1cc(C(N)=NO)n(C2C[C@H](O)C(CO)O2)c1. The maximum Gasteiger partial charge on any atom is 0.186 e. The summed E-state index contributed by atoms with van der Waals surface area (Å²) in [6.07, 6.45) is -0.421. The Morgan fingerprint density at radius 3 is 2.76 bits per heavy atom. The molecule has 21 heavy (non-hydrogen) atoms. The van der Waals surface area contributed by atoms with E-state index >= 15 is 0 Å². The molecule has 0 aromatic carbocycles. The highest BCUT2D eigenvalue weighted by molar-refractivity contribution is 6.03. The fourth-order valence-electron chi connectivity index (χ4n) is 2.28. The molecule has 1 saturated heterocycles. The van der Waals surface area contributed by atoms with Gasteiger partial charge in [0.2, 0.25) is 0 Å². The zero-order valence-electron chi connectivity index (χ0n) is 11.2. The molecule has 0 saturated carbocycles. The zero-order valence-corrected chi connectivity index (χ0v) is 11.2. The molecule has 1 aromatic rings. The number of aliphatic hydroxyl groups is 3. The molecule has 3 atom stereocenters. The number of hydrogen-bond donors (Lipinski definition) is 6. The van der Waals surface area contributed by atoms with Crippen LogP contribution in [0.2, 0.25) is 0 Å². The Morgan fingerprint density at radius 2 is 2.24 bits per heavy atom. The van der Waals surface area contributed by atoms with Crippen molar-refractivity contribution >= 4 is 11.5 Å². The lowest BCUT2D eigenvalue weighted by atomic mass is 10.2. The monoisotopic (exact) mass is 298 g/mol. The highest BCUT2D eigenvalue weighted by atomic mass is 16.5. The molecule has 0 bridgehead atoms. The minimum absolute atomic E-state index is 0.0296. The topological polar surface area (TPSA) is 157 Å². The summed E-state index contributed by atoms with van der Waals surface area (Å²) >= 11 is 0. The minimum Gasteiger partial charge on any atom is -0.409 e. The first-order valence-corrected chi connectivity index (χ1v) is 6.34. The third-order valence-electron chi connectivity index (χ3n) is 3.42. The summed E-state index contributed by atoms with van der Waals surface area (Å²) in [5.41, 5.74) is 6.25. The molecule has 0 spiro atoms. The van der Waals surface area contributed by atoms with Crippen molar-refractivity contribution in [2.75, 3.05) is 13.2 Å². The van der Waals surface area contributed by atoms with Gasteiger partial charge in [-0.1, -0.05) is 5.16 Å². The van der Waals surface area contributed by atoms with E-state index < -0.39 is 25.0 Å². The Balaban J connectivity index is 2.38. The summed E-state index contributed by atoms with van der Waals surface area (Å²) in [5.74, 6) is -0.183. The summed E-state index contributed by atoms with van der Waals surface area (Å²) in [5, 5.41) is 47.3. The van der Waals surface area contributed by atoms with Gasteiger partial charge in [-0.25, -0.2) is 0 Å². The van der Waals surface area contributed by atoms with Crippen LogP contribution in [-0.2, 0) is 4.74 Å². The number of aromatic nitrogens is 1. The Hall–Kier alpha value is -1.94. The first-order chi connectivity index (χ1) is 10.0. The molecular formula is C12H18N4O5. The Labute approximate surface area is 120 Å². The molecule has 0 amide bonds. The van der Waals surface area contributed by atoms with Crippen LogP contribution in [0.25, 0.3) is 0 Å². The van der Waals surface area contributed by atoms with Gasteiger partial charge in [-0.15, -0.1) is 0 Å². The maximum absolute atomic E-state index is 9.78. The summed E-state index contributed by atoms with van der Waals surface area (Å²) in [6, 6.07) is 1.48. The van der Waals surface area contributed by atoms with E-state index in [1.54, 1.807) is 0 Å². The average Bonchev–Trinajstić information content (AvgIpc) is 3.08. The van der Waals surface area contributed by atoms with Crippen molar-refractivity contribution in [2.24, 2.45) is 10.9 Å². The van der Waals surface area contributed by atoms with E-state index in [0.717, 1.165) is 0 Å². The molecule has 0 radical (unpaired) electrons. The maximum atomic E-state index is 9.78. The summed E-state index contributed by atoms with van der Waals surface area (Å²) in [4.78, 5) is 0. The molecule has 116 valence electrons. The number of amidine groups is 1. The predicted molar refractivity (Wildman–Crippen MR) is 72.5 cm³/mol. The van der Waals surface area contributed by atoms with E-state index in [1.165, 1.54) is 16.8 Å². The number of nitrogens with two attached hydrogens (primary N) is 1. The smallest absolute Gasteiger partial charge is 0.186 e. The molecule has 9 heteroatoms. The van der Waals surface area contributed by atoms with Gasteiger partial charge in [0.1, 0.15) is 12.3 Å². The Morgan fingerprint density at radius 1 is 1.52 bits per heavy atom. The molecule has 2 heterocycles. The van der Waals surface area contributed by atoms with Gasteiger partial charge in [0.15, 0.2) is 5.84 Å². The quantitative estimate of drug-likeness (QED) is 0.169. The van der Waals surface area contributed by atoms with Gasteiger partial charge in [-0.2, -0.15) is 0 Å². The molecule has 1 fully saturated rings. The fraction of sp³-hybridized carbons (Fsp3) is 0.500. The van der Waals surface area contributed by atoms with Gasteiger partial charge >= 0.3 is 0 Å². The molecule has 1 aromatic heterocycles. The van der Waals surface area contributed by atoms with Crippen molar-refractivity contribution in [3.05, 3.63) is 23.5 Å². The standard InChI is InChI=1S/C12H18N4O5/c13-7(4-17)6-1-8(12(14)15-20)16(3-6)11-2-9(19)10(5-18)21-11/h1,3,9-11,13,17-20H,2,4-5H2,(H2,14,15)/t9-,10?,11?/m0/s1. The van der Waals surface area contributed by atoms with Gasteiger partial charge in [0, 0.05) is 18.2 Å². The van der Waals surface area contributed by atoms with Crippen molar-refractivity contribution in [3.8, 4) is 0 Å². The first-order valence-electron chi connectivity index (χ1n) is 6.34. The van der Waals surface area contributed by atoms with Crippen LogP contribution in [0.1, 0.15) is 23.9 Å². The Kier molecular flexibility index (Phi) is 4.58. The number of aliphatic hydroxyl groups excluding tert-OH is 3. The van der Waals surface area contributed by atoms with Crippen LogP contribution >= 0.6 is 0 Å². The third-order valence-corrected chi connectivity index (χ3v) is 3.42. The van der Waals surface area contributed by atoms with E-state index in [-0.39, 0.29) is 24.6 Å².